The molecule has 1 rings (SSSR count). The van der Waals surface area contributed by atoms with E-state index in [-0.39, 0.29) is 17.9 Å². The Morgan fingerprint density at radius 3 is 2.56 bits per heavy atom. The summed E-state index contributed by atoms with van der Waals surface area (Å²) in [6.07, 6.45) is 3.18. The molecule has 0 saturated heterocycles. The average molecular weight is 256 g/mol. The number of hydrogen-bond donors (Lipinski definition) is 3. The normalized spacial score (nSPS) is 30.8. The largest absolute Gasteiger partial charge is 0.480 e. The van der Waals surface area contributed by atoms with E-state index in [4.69, 9.17) is 5.73 Å². The molecule has 3 unspecified atom stereocenters. The minimum Gasteiger partial charge on any atom is -0.480 e. The van der Waals surface area contributed by atoms with Crippen molar-refractivity contribution in [2.24, 2.45) is 17.1 Å². The van der Waals surface area contributed by atoms with Crippen molar-refractivity contribution in [3.8, 4) is 0 Å². The maximum Gasteiger partial charge on any atom is 0.326 e. The van der Waals surface area contributed by atoms with Gasteiger partial charge in [0.15, 0.2) is 0 Å². The summed E-state index contributed by atoms with van der Waals surface area (Å²) in [5, 5.41) is 11.8. The predicted octanol–water partition coefficient (Wildman–Crippen LogP) is 1.12. The van der Waals surface area contributed by atoms with Gasteiger partial charge in [0.05, 0.1) is 5.41 Å². The number of amides is 1. The lowest BCUT2D eigenvalue weighted by atomic mass is 9.83. The Balaban J connectivity index is 2.75. The van der Waals surface area contributed by atoms with Crippen LogP contribution in [0.5, 0.6) is 0 Å². The fourth-order valence-electron chi connectivity index (χ4n) is 2.46. The van der Waals surface area contributed by atoms with E-state index in [9.17, 15) is 14.7 Å². The molecule has 0 heterocycles. The van der Waals surface area contributed by atoms with Crippen LogP contribution in [0.2, 0.25) is 0 Å². The minimum absolute atomic E-state index is 0.0901. The summed E-state index contributed by atoms with van der Waals surface area (Å²) in [5.74, 6) is -1.29. The number of nitrogens with two attached hydrogens (primary N) is 1. The van der Waals surface area contributed by atoms with Crippen LogP contribution in [0.4, 0.5) is 0 Å². The van der Waals surface area contributed by atoms with Gasteiger partial charge in [-0.15, -0.1) is 0 Å². The van der Waals surface area contributed by atoms with Crippen LogP contribution in [0.15, 0.2) is 0 Å². The number of carboxylic acids is 1. The van der Waals surface area contributed by atoms with Crippen molar-refractivity contribution in [3.63, 3.8) is 0 Å². The van der Waals surface area contributed by atoms with Crippen molar-refractivity contribution in [2.75, 3.05) is 0 Å². The van der Waals surface area contributed by atoms with Gasteiger partial charge >= 0.3 is 5.97 Å². The maximum absolute atomic E-state index is 12.3. The van der Waals surface area contributed by atoms with E-state index < -0.39 is 17.4 Å². The van der Waals surface area contributed by atoms with E-state index in [1.54, 1.807) is 0 Å². The lowest BCUT2D eigenvalue weighted by molar-refractivity contribution is -0.145. The molecule has 1 fully saturated rings. The van der Waals surface area contributed by atoms with Crippen LogP contribution in [0, 0.1) is 11.3 Å². The van der Waals surface area contributed by atoms with Gasteiger partial charge in [-0.25, -0.2) is 4.79 Å². The van der Waals surface area contributed by atoms with Crippen molar-refractivity contribution in [2.45, 2.75) is 58.5 Å². The summed E-state index contributed by atoms with van der Waals surface area (Å²) >= 11 is 0. The summed E-state index contributed by atoms with van der Waals surface area (Å²) in [4.78, 5) is 23.4. The highest BCUT2D eigenvalue weighted by Crippen LogP contribution is 2.37. The summed E-state index contributed by atoms with van der Waals surface area (Å²) in [6.45, 7) is 5.57. The van der Waals surface area contributed by atoms with E-state index in [1.165, 1.54) is 0 Å². The molecule has 18 heavy (non-hydrogen) atoms. The predicted molar refractivity (Wildman–Crippen MR) is 69.0 cm³/mol. The average Bonchev–Trinajstić information content (AvgIpc) is 2.66. The molecule has 0 aromatic carbocycles. The van der Waals surface area contributed by atoms with E-state index in [0.29, 0.717) is 6.42 Å². The van der Waals surface area contributed by atoms with Crippen molar-refractivity contribution in [1.29, 1.82) is 0 Å². The number of carboxylic acid groups (broad SMARTS) is 1. The number of rotatable bonds is 5. The molecule has 1 amide bonds. The summed E-state index contributed by atoms with van der Waals surface area (Å²) < 4.78 is 0. The topological polar surface area (TPSA) is 92.4 Å². The highest BCUT2D eigenvalue weighted by atomic mass is 16.4. The molecule has 104 valence electrons. The second-order valence-corrected chi connectivity index (χ2v) is 5.59. The van der Waals surface area contributed by atoms with Gasteiger partial charge in [0, 0.05) is 6.04 Å². The van der Waals surface area contributed by atoms with Crippen LogP contribution in [0.1, 0.15) is 46.5 Å². The number of hydrogen-bond acceptors (Lipinski definition) is 3. The standard InChI is InChI=1S/C13H24N2O3/c1-4-8(2)10(11(16)17)15-12(18)13(3)7-5-6-9(13)14/h8-10H,4-7,14H2,1-3H3,(H,15,18)(H,16,17)/t8?,9?,10-,13?/m0/s1. The lowest BCUT2D eigenvalue weighted by Gasteiger charge is -2.30. The van der Waals surface area contributed by atoms with Crippen molar-refractivity contribution in [1.82, 2.24) is 5.32 Å². The first kappa shape index (κ1) is 15.0. The van der Waals surface area contributed by atoms with E-state index in [2.05, 4.69) is 5.32 Å². The zero-order valence-electron chi connectivity index (χ0n) is 11.4. The van der Waals surface area contributed by atoms with Crippen LogP contribution >= 0.6 is 0 Å². The van der Waals surface area contributed by atoms with Gasteiger partial charge in [-0.2, -0.15) is 0 Å². The molecule has 5 nitrogen and oxygen atoms in total. The highest BCUT2D eigenvalue weighted by molar-refractivity contribution is 5.88. The fourth-order valence-corrected chi connectivity index (χ4v) is 2.46. The third kappa shape index (κ3) is 2.83. The highest BCUT2D eigenvalue weighted by Gasteiger charge is 2.44. The first-order valence-electron chi connectivity index (χ1n) is 6.62. The molecule has 1 aliphatic rings. The molecule has 0 aromatic heterocycles. The van der Waals surface area contributed by atoms with Crippen LogP contribution in [0.3, 0.4) is 0 Å². The summed E-state index contributed by atoms with van der Waals surface area (Å²) in [6, 6.07) is -1.00. The maximum atomic E-state index is 12.3. The third-order valence-electron chi connectivity index (χ3n) is 4.31. The van der Waals surface area contributed by atoms with Gasteiger partial charge in [0.1, 0.15) is 6.04 Å². The zero-order valence-corrected chi connectivity index (χ0v) is 11.4. The number of carbonyl (C=O) groups is 2. The van der Waals surface area contributed by atoms with Gasteiger partial charge in [0.2, 0.25) is 5.91 Å². The van der Waals surface area contributed by atoms with Crippen LogP contribution in [-0.2, 0) is 9.59 Å². The van der Waals surface area contributed by atoms with Crippen LogP contribution in [-0.4, -0.2) is 29.1 Å². The first-order chi connectivity index (χ1) is 8.32. The number of aliphatic carboxylic acids is 1. The SMILES string of the molecule is CCC(C)[C@H](NC(=O)C1(C)CCCC1N)C(=O)O. The molecule has 0 aliphatic heterocycles. The first-order valence-corrected chi connectivity index (χ1v) is 6.62. The van der Waals surface area contributed by atoms with E-state index in [0.717, 1.165) is 19.3 Å². The van der Waals surface area contributed by atoms with Crippen molar-refractivity contribution >= 4 is 11.9 Å². The smallest absolute Gasteiger partial charge is 0.326 e. The van der Waals surface area contributed by atoms with E-state index >= 15 is 0 Å². The minimum atomic E-state index is -0.979. The molecule has 5 heteroatoms. The third-order valence-corrected chi connectivity index (χ3v) is 4.31. The molecule has 0 radical (unpaired) electrons. The van der Waals surface area contributed by atoms with Gasteiger partial charge in [-0.1, -0.05) is 26.7 Å². The zero-order chi connectivity index (χ0) is 13.9. The van der Waals surface area contributed by atoms with Gasteiger partial charge in [0.25, 0.3) is 0 Å². The molecule has 0 aromatic rings. The molecule has 4 atom stereocenters. The second kappa shape index (κ2) is 5.69. The Hall–Kier alpha value is -1.10. The molecular formula is C13H24N2O3. The Labute approximate surface area is 108 Å². The van der Waals surface area contributed by atoms with Crippen LogP contribution in [0.25, 0.3) is 0 Å². The Morgan fingerprint density at radius 2 is 2.17 bits per heavy atom. The van der Waals surface area contributed by atoms with Gasteiger partial charge < -0.3 is 16.2 Å². The lowest BCUT2D eigenvalue weighted by Crippen LogP contribution is -2.53. The van der Waals surface area contributed by atoms with Gasteiger partial charge in [-0.05, 0) is 25.7 Å². The fraction of sp³-hybridized carbons (Fsp3) is 0.846. The molecular weight excluding hydrogens is 232 g/mol. The Bertz CT molecular complexity index is 332. The molecule has 1 saturated carbocycles. The number of nitrogens with one attached hydrogen (secondary N) is 1. The number of carbonyl (C=O) groups excluding carboxylic acids is 1. The summed E-state index contributed by atoms with van der Waals surface area (Å²) in [7, 11) is 0. The molecule has 0 bridgehead atoms. The second-order valence-electron chi connectivity index (χ2n) is 5.59. The Kier molecular flexibility index (Phi) is 4.73. The molecule has 4 N–H and O–H groups in total. The van der Waals surface area contributed by atoms with Crippen molar-refractivity contribution in [3.05, 3.63) is 0 Å². The van der Waals surface area contributed by atoms with Crippen molar-refractivity contribution < 1.29 is 14.7 Å². The summed E-state index contributed by atoms with van der Waals surface area (Å²) in [5.41, 5.74) is 5.34. The quantitative estimate of drug-likeness (QED) is 0.687. The molecule has 0 spiro atoms. The monoisotopic (exact) mass is 256 g/mol. The van der Waals surface area contributed by atoms with E-state index in [1.807, 2.05) is 20.8 Å². The van der Waals surface area contributed by atoms with Gasteiger partial charge in [-0.3, -0.25) is 4.79 Å². The Morgan fingerprint density at radius 1 is 1.56 bits per heavy atom. The molecule has 1 aliphatic carbocycles. The van der Waals surface area contributed by atoms with Crippen LogP contribution < -0.4 is 11.1 Å².